The minimum absolute atomic E-state index is 0.0713. The Balaban J connectivity index is 1.72. The van der Waals surface area contributed by atoms with Gasteiger partial charge < -0.3 is 10.6 Å². The molecule has 3 nitrogen and oxygen atoms in total. The van der Waals surface area contributed by atoms with Gasteiger partial charge in [-0.15, -0.1) is 0 Å². The Hall–Kier alpha value is -1.13. The van der Waals surface area contributed by atoms with Crippen LogP contribution in [0.2, 0.25) is 5.02 Å². The van der Waals surface area contributed by atoms with Crippen molar-refractivity contribution in [1.82, 2.24) is 4.90 Å². The number of rotatable bonds is 2. The quantitative estimate of drug-likeness (QED) is 0.903. The van der Waals surface area contributed by atoms with E-state index in [9.17, 15) is 9.18 Å². The molecule has 0 unspecified atom stereocenters. The number of carbonyl (C=O) groups is 1. The molecular weight excluding hydrogens is 267 g/mol. The van der Waals surface area contributed by atoms with Gasteiger partial charge in [0.25, 0.3) is 0 Å². The van der Waals surface area contributed by atoms with Crippen molar-refractivity contribution < 1.29 is 9.18 Å². The van der Waals surface area contributed by atoms with Crippen LogP contribution >= 0.6 is 11.6 Å². The molecule has 0 aromatic heterocycles. The van der Waals surface area contributed by atoms with Crippen LogP contribution in [0.25, 0.3) is 0 Å². The number of likely N-dealkylation sites (tertiary alicyclic amines) is 1. The number of nitrogens with zero attached hydrogens (tertiary/aromatic N) is 1. The molecule has 1 aromatic rings. The van der Waals surface area contributed by atoms with Crippen molar-refractivity contribution >= 4 is 17.5 Å². The summed E-state index contributed by atoms with van der Waals surface area (Å²) in [5, 5.41) is 0.415. The first kappa shape index (κ1) is 12.9. The van der Waals surface area contributed by atoms with Crippen molar-refractivity contribution in [3.63, 3.8) is 0 Å². The molecule has 0 radical (unpaired) electrons. The summed E-state index contributed by atoms with van der Waals surface area (Å²) in [6, 6.07) is 4.73. The highest BCUT2D eigenvalue weighted by molar-refractivity contribution is 6.31. The van der Waals surface area contributed by atoms with Crippen molar-refractivity contribution in [3.05, 3.63) is 34.6 Å². The number of carbonyl (C=O) groups excluding carboxylic acids is 1. The topological polar surface area (TPSA) is 46.3 Å². The largest absolute Gasteiger partial charge is 0.341 e. The summed E-state index contributed by atoms with van der Waals surface area (Å²) in [7, 11) is 0. The predicted octanol–water partition coefficient (Wildman–Crippen LogP) is 2.14. The Morgan fingerprint density at radius 3 is 2.89 bits per heavy atom. The molecule has 102 valence electrons. The molecule has 19 heavy (non-hydrogen) atoms. The summed E-state index contributed by atoms with van der Waals surface area (Å²) < 4.78 is 13.8. The van der Waals surface area contributed by atoms with E-state index < -0.39 is 0 Å². The molecule has 1 saturated heterocycles. The Kier molecular flexibility index (Phi) is 3.23. The number of nitrogens with two attached hydrogens (primary N) is 1. The number of amides is 1. The van der Waals surface area contributed by atoms with Gasteiger partial charge in [0.2, 0.25) is 5.91 Å². The summed E-state index contributed by atoms with van der Waals surface area (Å²) in [5.74, 6) is -0.416. The minimum Gasteiger partial charge on any atom is -0.341 e. The van der Waals surface area contributed by atoms with Crippen LogP contribution in [0.1, 0.15) is 24.3 Å². The molecule has 3 rings (SSSR count). The lowest BCUT2D eigenvalue weighted by Gasteiger charge is -2.16. The molecule has 2 aliphatic rings. The van der Waals surface area contributed by atoms with Gasteiger partial charge >= 0.3 is 0 Å². The fourth-order valence-corrected chi connectivity index (χ4v) is 3.18. The van der Waals surface area contributed by atoms with E-state index >= 15 is 0 Å². The third kappa shape index (κ3) is 2.35. The second kappa shape index (κ2) is 4.76. The minimum atomic E-state index is -0.314. The van der Waals surface area contributed by atoms with Crippen LogP contribution in [0.15, 0.2) is 18.2 Å². The van der Waals surface area contributed by atoms with Gasteiger partial charge in [0.05, 0.1) is 0 Å². The maximum Gasteiger partial charge on any atom is 0.226 e. The number of hydrogen-bond donors (Lipinski definition) is 1. The average molecular weight is 283 g/mol. The third-order valence-electron chi connectivity index (χ3n) is 4.01. The average Bonchev–Trinajstić information content (AvgIpc) is 3.02. The normalized spacial score (nSPS) is 29.6. The van der Waals surface area contributed by atoms with Crippen molar-refractivity contribution in [2.45, 2.75) is 24.8 Å². The molecule has 1 aliphatic carbocycles. The zero-order valence-corrected chi connectivity index (χ0v) is 11.2. The lowest BCUT2D eigenvalue weighted by molar-refractivity contribution is -0.131. The SMILES string of the molecule is N[C@@H]1CCN(C(=O)[C@@H]2C[C@@H]2c2c(F)cccc2Cl)C1. The summed E-state index contributed by atoms with van der Waals surface area (Å²) in [5.41, 5.74) is 6.29. The standard InChI is InChI=1S/C14H16ClFN2O/c15-11-2-1-3-12(16)13(11)9-6-10(9)14(19)18-5-4-8(17)7-18/h1-3,8-10H,4-7,17H2/t8-,9+,10-/m1/s1. The maximum atomic E-state index is 13.8. The smallest absolute Gasteiger partial charge is 0.226 e. The highest BCUT2D eigenvalue weighted by Crippen LogP contribution is 2.51. The second-order valence-corrected chi connectivity index (χ2v) is 5.82. The molecule has 0 spiro atoms. The lowest BCUT2D eigenvalue weighted by atomic mass is 10.1. The van der Waals surface area contributed by atoms with Gasteiger partial charge in [0.1, 0.15) is 5.82 Å². The molecule has 1 aromatic carbocycles. The Bertz CT molecular complexity index is 502. The summed E-state index contributed by atoms with van der Waals surface area (Å²) >= 11 is 6.03. The molecule has 2 fully saturated rings. The van der Waals surface area contributed by atoms with Crippen molar-refractivity contribution in [2.24, 2.45) is 11.7 Å². The summed E-state index contributed by atoms with van der Waals surface area (Å²) in [6.45, 7) is 1.33. The van der Waals surface area contributed by atoms with Crippen LogP contribution in [-0.4, -0.2) is 29.9 Å². The van der Waals surface area contributed by atoms with Crippen LogP contribution in [-0.2, 0) is 4.79 Å². The van der Waals surface area contributed by atoms with E-state index in [2.05, 4.69) is 0 Å². The van der Waals surface area contributed by atoms with Crippen molar-refractivity contribution in [1.29, 1.82) is 0 Å². The van der Waals surface area contributed by atoms with E-state index in [1.807, 2.05) is 0 Å². The second-order valence-electron chi connectivity index (χ2n) is 5.42. The molecule has 1 amide bonds. The number of benzene rings is 1. The van der Waals surface area contributed by atoms with Crippen LogP contribution in [0.4, 0.5) is 4.39 Å². The van der Waals surface area contributed by atoms with Gasteiger partial charge in [-0.2, -0.15) is 0 Å². The molecule has 1 heterocycles. The zero-order chi connectivity index (χ0) is 13.6. The van der Waals surface area contributed by atoms with Crippen molar-refractivity contribution in [2.75, 3.05) is 13.1 Å². The van der Waals surface area contributed by atoms with Crippen LogP contribution in [0, 0.1) is 11.7 Å². The zero-order valence-electron chi connectivity index (χ0n) is 10.5. The van der Waals surface area contributed by atoms with Crippen LogP contribution < -0.4 is 5.73 Å². The monoisotopic (exact) mass is 282 g/mol. The highest BCUT2D eigenvalue weighted by atomic mass is 35.5. The molecule has 3 atom stereocenters. The van der Waals surface area contributed by atoms with Gasteiger partial charge in [-0.1, -0.05) is 17.7 Å². The van der Waals surface area contributed by atoms with Gasteiger partial charge in [-0.05, 0) is 25.0 Å². The Labute approximate surface area is 116 Å². The molecule has 0 bridgehead atoms. The first-order chi connectivity index (χ1) is 9.08. The Morgan fingerprint density at radius 2 is 2.26 bits per heavy atom. The predicted molar refractivity (Wildman–Crippen MR) is 71.4 cm³/mol. The molecular formula is C14H16ClFN2O. The summed E-state index contributed by atoms with van der Waals surface area (Å²) in [4.78, 5) is 14.1. The summed E-state index contributed by atoms with van der Waals surface area (Å²) in [6.07, 6.45) is 1.54. The van der Waals surface area contributed by atoms with E-state index in [-0.39, 0.29) is 29.6 Å². The molecule has 1 saturated carbocycles. The van der Waals surface area contributed by atoms with Crippen LogP contribution in [0.5, 0.6) is 0 Å². The van der Waals surface area contributed by atoms with E-state index in [4.69, 9.17) is 17.3 Å². The Morgan fingerprint density at radius 1 is 1.47 bits per heavy atom. The maximum absolute atomic E-state index is 13.8. The van der Waals surface area contributed by atoms with Gasteiger partial charge in [0, 0.05) is 41.6 Å². The van der Waals surface area contributed by atoms with E-state index in [1.165, 1.54) is 6.07 Å². The molecule has 1 aliphatic heterocycles. The van der Waals surface area contributed by atoms with Crippen LogP contribution in [0.3, 0.4) is 0 Å². The third-order valence-corrected chi connectivity index (χ3v) is 4.34. The first-order valence-electron chi connectivity index (χ1n) is 6.56. The van der Waals surface area contributed by atoms with Gasteiger partial charge in [0.15, 0.2) is 0 Å². The van der Waals surface area contributed by atoms with Gasteiger partial charge in [-0.3, -0.25) is 4.79 Å². The lowest BCUT2D eigenvalue weighted by Crippen LogP contribution is -2.33. The highest BCUT2D eigenvalue weighted by Gasteiger charge is 2.48. The number of halogens is 2. The van der Waals surface area contributed by atoms with E-state index in [0.29, 0.717) is 30.1 Å². The molecule has 5 heteroatoms. The van der Waals surface area contributed by atoms with E-state index in [0.717, 1.165) is 6.42 Å². The fourth-order valence-electron chi connectivity index (χ4n) is 2.87. The fraction of sp³-hybridized carbons (Fsp3) is 0.500. The van der Waals surface area contributed by atoms with E-state index in [1.54, 1.807) is 17.0 Å². The molecule has 2 N–H and O–H groups in total. The number of hydrogen-bond acceptors (Lipinski definition) is 2. The first-order valence-corrected chi connectivity index (χ1v) is 6.94. The van der Waals surface area contributed by atoms with Gasteiger partial charge in [-0.25, -0.2) is 4.39 Å². The van der Waals surface area contributed by atoms with Crippen molar-refractivity contribution in [3.8, 4) is 0 Å².